The fourth-order valence-corrected chi connectivity index (χ4v) is 1.47. The molecule has 126 valence electrons. The van der Waals surface area contributed by atoms with Crippen molar-refractivity contribution in [1.29, 1.82) is 0 Å². The van der Waals surface area contributed by atoms with Gasteiger partial charge in [-0.3, -0.25) is 0 Å². The molecule has 0 N–H and O–H groups in total. The van der Waals surface area contributed by atoms with Gasteiger partial charge < -0.3 is 18.9 Å². The molecule has 0 aromatic heterocycles. The van der Waals surface area contributed by atoms with Crippen molar-refractivity contribution in [2.24, 2.45) is 5.11 Å². The van der Waals surface area contributed by atoms with E-state index in [1.165, 1.54) is 0 Å². The van der Waals surface area contributed by atoms with Crippen LogP contribution in [0.2, 0.25) is 0 Å². The highest BCUT2D eigenvalue weighted by molar-refractivity contribution is 4.82. The van der Waals surface area contributed by atoms with Gasteiger partial charge in [-0.05, 0) is 24.8 Å². The normalized spacial score (nSPS) is 10.1. The molecule has 0 bridgehead atoms. The Balaban J connectivity index is 2.97. The molecule has 0 aliphatic carbocycles. The second-order valence-electron chi connectivity index (χ2n) is 4.42. The number of hydrogen-bond acceptors (Lipinski definition) is 5. The Bertz CT molecular complexity index is 314. The van der Waals surface area contributed by atoms with E-state index in [-0.39, 0.29) is 0 Å². The Kier molecular flexibility index (Phi) is 18.6. The van der Waals surface area contributed by atoms with E-state index in [0.717, 1.165) is 25.7 Å². The van der Waals surface area contributed by atoms with Crippen molar-refractivity contribution < 1.29 is 18.9 Å². The second kappa shape index (κ2) is 19.7. The molecule has 0 aromatic carbocycles. The van der Waals surface area contributed by atoms with Crippen LogP contribution in [0.1, 0.15) is 25.7 Å². The van der Waals surface area contributed by atoms with E-state index in [1.54, 1.807) is 0 Å². The highest BCUT2D eigenvalue weighted by Gasteiger charge is 1.93. The minimum Gasteiger partial charge on any atom is -0.379 e. The van der Waals surface area contributed by atoms with E-state index in [2.05, 4.69) is 15.9 Å². The van der Waals surface area contributed by atoms with Crippen molar-refractivity contribution in [3.63, 3.8) is 0 Å². The van der Waals surface area contributed by atoms with Crippen molar-refractivity contribution >= 4 is 0 Å². The van der Waals surface area contributed by atoms with Crippen molar-refractivity contribution in [3.8, 4) is 12.3 Å². The fraction of sp³-hybridized carbons (Fsp3) is 0.867. The van der Waals surface area contributed by atoms with Gasteiger partial charge in [-0.1, -0.05) is 5.11 Å². The summed E-state index contributed by atoms with van der Waals surface area (Å²) in [5.74, 6) is 2.57. The van der Waals surface area contributed by atoms with Crippen molar-refractivity contribution in [2.45, 2.75) is 25.7 Å². The summed E-state index contributed by atoms with van der Waals surface area (Å²) in [6.07, 6.45) is 8.52. The molecule has 0 spiro atoms. The van der Waals surface area contributed by atoms with Crippen LogP contribution in [0, 0.1) is 12.3 Å². The third-order valence-electron chi connectivity index (χ3n) is 2.59. The molecule has 0 aliphatic rings. The standard InChI is InChI=1S/C15H27N3O4/c1-2-3-5-8-19-10-12-21-14-15-22-13-11-20-9-6-4-7-17-18-16/h1H,3-15H2. The van der Waals surface area contributed by atoms with Crippen LogP contribution in [-0.4, -0.2) is 59.4 Å². The number of nitrogens with zero attached hydrogens (tertiary/aromatic N) is 3. The minimum atomic E-state index is 0.529. The van der Waals surface area contributed by atoms with Crippen LogP contribution in [0.4, 0.5) is 0 Å². The van der Waals surface area contributed by atoms with Gasteiger partial charge in [-0.15, -0.1) is 12.3 Å². The predicted octanol–water partition coefficient (Wildman–Crippen LogP) is 2.56. The number of azide groups is 1. The van der Waals surface area contributed by atoms with Gasteiger partial charge in [-0.2, -0.15) is 0 Å². The lowest BCUT2D eigenvalue weighted by molar-refractivity contribution is -0.00218. The van der Waals surface area contributed by atoms with Gasteiger partial charge in [0.15, 0.2) is 0 Å². The van der Waals surface area contributed by atoms with E-state index in [0.29, 0.717) is 59.4 Å². The highest BCUT2D eigenvalue weighted by atomic mass is 16.6. The maximum atomic E-state index is 8.09. The summed E-state index contributed by atoms with van der Waals surface area (Å²) in [6.45, 7) is 5.27. The summed E-state index contributed by atoms with van der Waals surface area (Å²) in [7, 11) is 0. The molecular weight excluding hydrogens is 286 g/mol. The molecule has 0 aliphatic heterocycles. The van der Waals surface area contributed by atoms with Crippen LogP contribution in [0.25, 0.3) is 10.4 Å². The van der Waals surface area contributed by atoms with Crippen molar-refractivity contribution in [3.05, 3.63) is 10.4 Å². The summed E-state index contributed by atoms with van der Waals surface area (Å²) >= 11 is 0. The third kappa shape index (κ3) is 18.7. The van der Waals surface area contributed by atoms with Gasteiger partial charge in [-0.25, -0.2) is 0 Å². The van der Waals surface area contributed by atoms with Crippen LogP contribution >= 0.6 is 0 Å². The Morgan fingerprint density at radius 3 is 1.77 bits per heavy atom. The molecule has 0 heterocycles. The van der Waals surface area contributed by atoms with E-state index >= 15 is 0 Å². The zero-order valence-electron chi connectivity index (χ0n) is 13.2. The predicted molar refractivity (Wildman–Crippen MR) is 84.6 cm³/mol. The molecule has 0 fully saturated rings. The van der Waals surface area contributed by atoms with Crippen LogP contribution in [0.5, 0.6) is 0 Å². The summed E-state index contributed by atoms with van der Waals surface area (Å²) in [4.78, 5) is 2.68. The van der Waals surface area contributed by atoms with E-state index in [9.17, 15) is 0 Å². The molecule has 22 heavy (non-hydrogen) atoms. The first-order chi connectivity index (χ1) is 10.9. The molecular formula is C15H27N3O4. The van der Waals surface area contributed by atoms with Gasteiger partial charge in [0.05, 0.1) is 39.6 Å². The van der Waals surface area contributed by atoms with E-state index in [1.807, 2.05) is 0 Å². The number of hydrogen-bond donors (Lipinski definition) is 0. The summed E-state index contributed by atoms with van der Waals surface area (Å²) in [5, 5.41) is 3.45. The summed E-state index contributed by atoms with van der Waals surface area (Å²) in [5.41, 5.74) is 8.09. The maximum absolute atomic E-state index is 8.09. The highest BCUT2D eigenvalue weighted by Crippen LogP contribution is 1.92. The Labute approximate surface area is 132 Å². The fourth-order valence-electron chi connectivity index (χ4n) is 1.47. The molecule has 0 rings (SSSR count). The lowest BCUT2D eigenvalue weighted by Crippen LogP contribution is -2.12. The number of rotatable bonds is 17. The monoisotopic (exact) mass is 313 g/mol. The SMILES string of the molecule is C#CCCCOCCOCCOCCOCCCCN=[N+]=[N-]. The van der Waals surface area contributed by atoms with Gasteiger partial charge in [0, 0.05) is 31.1 Å². The zero-order chi connectivity index (χ0) is 16.1. The van der Waals surface area contributed by atoms with Crippen LogP contribution in [0.15, 0.2) is 5.11 Å². The topological polar surface area (TPSA) is 85.7 Å². The average Bonchev–Trinajstić information content (AvgIpc) is 2.54. The quantitative estimate of drug-likeness (QED) is 0.136. The Morgan fingerprint density at radius 2 is 1.27 bits per heavy atom. The molecule has 0 atom stereocenters. The number of unbranched alkanes of at least 4 members (excludes halogenated alkanes) is 2. The van der Waals surface area contributed by atoms with Crippen molar-refractivity contribution in [2.75, 3.05) is 59.4 Å². The maximum Gasteiger partial charge on any atom is 0.0701 e. The van der Waals surface area contributed by atoms with Crippen LogP contribution in [0.3, 0.4) is 0 Å². The average molecular weight is 313 g/mol. The minimum absolute atomic E-state index is 0.529. The second-order valence-corrected chi connectivity index (χ2v) is 4.42. The zero-order valence-corrected chi connectivity index (χ0v) is 13.2. The molecule has 7 nitrogen and oxygen atoms in total. The smallest absolute Gasteiger partial charge is 0.0701 e. The molecule has 0 amide bonds. The first-order valence-corrected chi connectivity index (χ1v) is 7.67. The first-order valence-electron chi connectivity index (χ1n) is 7.67. The number of ether oxygens (including phenoxy) is 4. The molecule has 0 unspecified atom stereocenters. The summed E-state index contributed by atoms with van der Waals surface area (Å²) in [6, 6.07) is 0. The van der Waals surface area contributed by atoms with Gasteiger partial charge in [0.1, 0.15) is 0 Å². The van der Waals surface area contributed by atoms with E-state index < -0.39 is 0 Å². The molecule has 0 saturated carbocycles. The van der Waals surface area contributed by atoms with Gasteiger partial charge in [0.2, 0.25) is 0 Å². The molecule has 0 aromatic rings. The molecule has 0 radical (unpaired) electrons. The lowest BCUT2D eigenvalue weighted by atomic mass is 10.3. The lowest BCUT2D eigenvalue weighted by Gasteiger charge is -2.07. The largest absolute Gasteiger partial charge is 0.379 e. The first kappa shape index (κ1) is 20.7. The van der Waals surface area contributed by atoms with Gasteiger partial charge in [0.25, 0.3) is 0 Å². The molecule has 0 saturated heterocycles. The molecule has 7 heteroatoms. The number of terminal acetylenes is 1. The third-order valence-corrected chi connectivity index (χ3v) is 2.59. The van der Waals surface area contributed by atoms with Crippen LogP contribution < -0.4 is 0 Å². The van der Waals surface area contributed by atoms with Gasteiger partial charge >= 0.3 is 0 Å². The van der Waals surface area contributed by atoms with E-state index in [4.69, 9.17) is 30.9 Å². The van der Waals surface area contributed by atoms with Crippen LogP contribution in [-0.2, 0) is 18.9 Å². The summed E-state index contributed by atoms with van der Waals surface area (Å²) < 4.78 is 21.4. The Hall–Kier alpha value is -1.29. The Morgan fingerprint density at radius 1 is 0.773 bits per heavy atom. The van der Waals surface area contributed by atoms with Crippen molar-refractivity contribution in [1.82, 2.24) is 0 Å².